The Bertz CT molecular complexity index is 1900. The lowest BCUT2D eigenvalue weighted by Gasteiger charge is -2.34. The van der Waals surface area contributed by atoms with Gasteiger partial charge in [0.15, 0.2) is 5.78 Å². The molecule has 3 heterocycles. The summed E-state index contributed by atoms with van der Waals surface area (Å²) in [6.45, 7) is 3.71. The molecule has 0 saturated carbocycles. The van der Waals surface area contributed by atoms with Crippen molar-refractivity contribution >= 4 is 21.5 Å². The van der Waals surface area contributed by atoms with Crippen molar-refractivity contribution in [1.29, 1.82) is 0 Å². The Labute approximate surface area is 250 Å². The van der Waals surface area contributed by atoms with Crippen molar-refractivity contribution in [3.05, 3.63) is 108 Å². The Morgan fingerprint density at radius 1 is 0.884 bits per heavy atom. The third kappa shape index (κ3) is 5.69. The second kappa shape index (κ2) is 11.7. The van der Waals surface area contributed by atoms with E-state index in [4.69, 9.17) is 9.72 Å². The van der Waals surface area contributed by atoms with E-state index >= 15 is 0 Å². The van der Waals surface area contributed by atoms with Crippen LogP contribution in [-0.2, 0) is 16.6 Å². The van der Waals surface area contributed by atoms with Gasteiger partial charge >= 0.3 is 0 Å². The lowest BCUT2D eigenvalue weighted by molar-refractivity contribution is 0.101. The molecule has 1 aliphatic heterocycles. The Morgan fingerprint density at radius 2 is 1.58 bits per heavy atom. The van der Waals surface area contributed by atoms with Gasteiger partial charge in [-0.2, -0.15) is 4.31 Å². The molecule has 2 aromatic heterocycles. The number of hydrogen-bond donors (Lipinski definition) is 0. The Hall–Kier alpha value is -4.38. The molecule has 0 amide bonds. The lowest BCUT2D eigenvalue weighted by atomic mass is 10.0. The van der Waals surface area contributed by atoms with Crippen LogP contribution in [0.1, 0.15) is 23.0 Å². The molecule has 10 heteroatoms. The third-order valence-corrected chi connectivity index (χ3v) is 9.78. The molecule has 5 aromatic rings. The largest absolute Gasteiger partial charge is 0.495 e. The number of carbonyl (C=O) groups is 1. The van der Waals surface area contributed by atoms with Crippen molar-refractivity contribution < 1.29 is 22.3 Å². The number of nitrogens with zero attached hydrogens (tertiary/aromatic N) is 4. The summed E-state index contributed by atoms with van der Waals surface area (Å²) >= 11 is 0. The molecule has 1 fully saturated rings. The summed E-state index contributed by atoms with van der Waals surface area (Å²) < 4.78 is 49.2. The van der Waals surface area contributed by atoms with Crippen LogP contribution in [0.25, 0.3) is 28.0 Å². The van der Waals surface area contributed by atoms with E-state index in [1.165, 1.54) is 17.5 Å². The molecule has 43 heavy (non-hydrogen) atoms. The quantitative estimate of drug-likeness (QED) is 0.219. The van der Waals surface area contributed by atoms with Gasteiger partial charge in [-0.25, -0.2) is 17.8 Å². The average Bonchev–Trinajstić information content (AvgIpc) is 3.39. The van der Waals surface area contributed by atoms with Crippen LogP contribution >= 0.6 is 0 Å². The van der Waals surface area contributed by atoms with Crippen molar-refractivity contribution in [2.45, 2.75) is 18.4 Å². The van der Waals surface area contributed by atoms with Gasteiger partial charge in [0.05, 0.1) is 18.5 Å². The number of ketones is 1. The summed E-state index contributed by atoms with van der Waals surface area (Å²) in [5, 5.41) is 0. The molecule has 6 rings (SSSR count). The molecular weight excluding hydrogens is 567 g/mol. The number of hydrogen-bond acceptors (Lipinski definition) is 6. The number of carbonyl (C=O) groups excluding carboxylic acids is 1. The first-order chi connectivity index (χ1) is 20.7. The maximum absolute atomic E-state index is 13.7. The summed E-state index contributed by atoms with van der Waals surface area (Å²) in [6.07, 6.45) is 2.06. The van der Waals surface area contributed by atoms with Crippen molar-refractivity contribution in [1.82, 2.24) is 18.6 Å². The van der Waals surface area contributed by atoms with Crippen LogP contribution in [-0.4, -0.2) is 66.1 Å². The number of fused-ring (bicyclic) bond motifs is 1. The molecule has 3 aromatic carbocycles. The second-order valence-electron chi connectivity index (χ2n) is 10.5. The number of ether oxygens (including phenoxy) is 1. The minimum Gasteiger partial charge on any atom is -0.495 e. The van der Waals surface area contributed by atoms with Crippen LogP contribution in [0, 0.1) is 5.82 Å². The molecule has 0 bridgehead atoms. The van der Waals surface area contributed by atoms with Crippen LogP contribution in [0.4, 0.5) is 4.39 Å². The van der Waals surface area contributed by atoms with Crippen LogP contribution in [0.5, 0.6) is 5.75 Å². The van der Waals surface area contributed by atoms with Crippen LogP contribution in [0.15, 0.2) is 96.0 Å². The van der Waals surface area contributed by atoms with Crippen LogP contribution < -0.4 is 4.74 Å². The van der Waals surface area contributed by atoms with E-state index in [9.17, 15) is 17.6 Å². The Kier molecular flexibility index (Phi) is 7.83. The highest BCUT2D eigenvalue weighted by atomic mass is 32.2. The fraction of sp³-hybridized carbons (Fsp3) is 0.212. The molecule has 1 aliphatic rings. The minimum atomic E-state index is -3.86. The molecule has 220 valence electrons. The second-order valence-corrected chi connectivity index (χ2v) is 12.4. The van der Waals surface area contributed by atoms with Gasteiger partial charge < -0.3 is 9.14 Å². The monoisotopic (exact) mass is 598 g/mol. The van der Waals surface area contributed by atoms with Crippen LogP contribution in [0.2, 0.25) is 0 Å². The van der Waals surface area contributed by atoms with Gasteiger partial charge in [0.2, 0.25) is 10.0 Å². The van der Waals surface area contributed by atoms with Crippen LogP contribution in [0.3, 0.4) is 0 Å². The molecular formula is C33H31FN4O4S. The number of rotatable bonds is 8. The first-order valence-electron chi connectivity index (χ1n) is 14.0. The molecule has 0 aliphatic carbocycles. The number of Topliss-reactive ketones (excluding diaryl/α,β-unsaturated/α-hetero) is 1. The smallest absolute Gasteiger partial charge is 0.246 e. The van der Waals surface area contributed by atoms with Crippen molar-refractivity contribution in [3.8, 4) is 28.1 Å². The Balaban J connectivity index is 1.29. The molecule has 0 unspecified atom stereocenters. The SMILES string of the molecule is COc1cc(F)ccc1S(=O)(=O)N1CCN(Cc2c(-c3ccccc3)nc3ccc(-c4ccc(C(C)=O)cc4)cn23)CC1. The standard InChI is InChI=1S/C33H31FN4O4S/c1-23(39)24-8-10-25(11-9-24)27-12-15-32-35-33(26-6-4-3-5-7-26)29(38(32)21-27)22-36-16-18-37(19-17-36)43(40,41)31-14-13-28(34)20-30(31)42-2/h3-15,20-21H,16-19,22H2,1-2H3. The summed E-state index contributed by atoms with van der Waals surface area (Å²) in [5.41, 5.74) is 6.32. The number of halogens is 1. The summed E-state index contributed by atoms with van der Waals surface area (Å²) in [5.74, 6) is -0.539. The first kappa shape index (κ1) is 28.7. The number of benzene rings is 3. The van der Waals surface area contributed by atoms with Gasteiger partial charge in [-0.3, -0.25) is 9.69 Å². The first-order valence-corrected chi connectivity index (χ1v) is 15.4. The highest BCUT2D eigenvalue weighted by Gasteiger charge is 2.31. The van der Waals surface area contributed by atoms with E-state index in [1.807, 2.05) is 66.7 Å². The molecule has 0 radical (unpaired) electrons. The maximum atomic E-state index is 13.7. The van der Waals surface area contributed by atoms with Gasteiger partial charge in [-0.15, -0.1) is 0 Å². The van der Waals surface area contributed by atoms with Crippen molar-refractivity contribution in [2.75, 3.05) is 33.3 Å². The fourth-order valence-electron chi connectivity index (χ4n) is 5.47. The molecule has 0 spiro atoms. The maximum Gasteiger partial charge on any atom is 0.246 e. The zero-order valence-electron chi connectivity index (χ0n) is 23.9. The molecule has 0 atom stereocenters. The predicted octanol–water partition coefficient (Wildman–Crippen LogP) is 5.53. The Morgan fingerprint density at radius 3 is 2.26 bits per heavy atom. The summed E-state index contributed by atoms with van der Waals surface area (Å²) in [4.78, 5) is 18.9. The van der Waals surface area contributed by atoms with Gasteiger partial charge in [0, 0.05) is 56.1 Å². The summed E-state index contributed by atoms with van der Waals surface area (Å²) in [6, 6.07) is 25.1. The highest BCUT2D eigenvalue weighted by molar-refractivity contribution is 7.89. The van der Waals surface area contributed by atoms with Gasteiger partial charge in [-0.1, -0.05) is 54.6 Å². The highest BCUT2D eigenvalue weighted by Crippen LogP contribution is 2.31. The van der Waals surface area contributed by atoms with E-state index in [1.54, 1.807) is 6.92 Å². The lowest BCUT2D eigenvalue weighted by Crippen LogP contribution is -2.48. The van der Waals surface area contributed by atoms with Gasteiger partial charge in [0.25, 0.3) is 0 Å². The van der Waals surface area contributed by atoms with Gasteiger partial charge in [0.1, 0.15) is 22.1 Å². The topological polar surface area (TPSA) is 84.2 Å². The normalized spacial score (nSPS) is 14.7. The number of aromatic nitrogens is 2. The van der Waals surface area contributed by atoms with Gasteiger partial charge in [-0.05, 0) is 42.3 Å². The number of pyridine rings is 1. The number of methoxy groups -OCH3 is 1. The molecule has 1 saturated heterocycles. The summed E-state index contributed by atoms with van der Waals surface area (Å²) in [7, 11) is -2.53. The van der Waals surface area contributed by atoms with E-state index < -0.39 is 15.8 Å². The minimum absolute atomic E-state index is 0.00704. The predicted molar refractivity (Wildman–Crippen MR) is 163 cm³/mol. The zero-order valence-corrected chi connectivity index (χ0v) is 24.7. The average molecular weight is 599 g/mol. The van der Waals surface area contributed by atoms with E-state index in [2.05, 4.69) is 15.5 Å². The molecule has 0 N–H and O–H groups in total. The third-order valence-electron chi connectivity index (χ3n) is 7.84. The van der Waals surface area contributed by atoms with E-state index in [0.29, 0.717) is 25.2 Å². The number of imidazole rings is 1. The zero-order chi connectivity index (χ0) is 30.1. The fourth-order valence-corrected chi connectivity index (χ4v) is 7.03. The van der Waals surface area contributed by atoms with Crippen molar-refractivity contribution in [2.24, 2.45) is 0 Å². The van der Waals surface area contributed by atoms with Crippen molar-refractivity contribution in [3.63, 3.8) is 0 Å². The number of piperazine rings is 1. The van der Waals surface area contributed by atoms with E-state index in [0.717, 1.165) is 45.9 Å². The van der Waals surface area contributed by atoms with E-state index in [-0.39, 0.29) is 29.5 Å². The number of sulfonamides is 1. The molecule has 8 nitrogen and oxygen atoms in total.